The van der Waals surface area contributed by atoms with Crippen molar-refractivity contribution in [1.29, 1.82) is 0 Å². The third kappa shape index (κ3) is 4.53. The van der Waals surface area contributed by atoms with Gasteiger partial charge < -0.3 is 19.7 Å². The van der Waals surface area contributed by atoms with E-state index in [9.17, 15) is 9.90 Å². The molecule has 2 aromatic carbocycles. The van der Waals surface area contributed by atoms with Crippen molar-refractivity contribution < 1.29 is 23.4 Å². The number of halogens is 2. The smallest absolute Gasteiger partial charge is 0.253 e. The molecule has 2 aromatic heterocycles. The third-order valence-electron chi connectivity index (χ3n) is 7.34. The summed E-state index contributed by atoms with van der Waals surface area (Å²) < 4.78 is 39.2. The van der Waals surface area contributed by atoms with Gasteiger partial charge in [0.25, 0.3) is 5.91 Å². The Labute approximate surface area is 212 Å². The lowest BCUT2D eigenvalue weighted by Gasteiger charge is -2.28. The van der Waals surface area contributed by atoms with Crippen molar-refractivity contribution in [2.24, 2.45) is 7.05 Å². The van der Waals surface area contributed by atoms with Crippen molar-refractivity contribution in [2.45, 2.75) is 43.9 Å². The Morgan fingerprint density at radius 3 is 2.68 bits per heavy atom. The number of fused-ring (bicyclic) bond motifs is 1. The Hall–Kier alpha value is -3.56. The van der Waals surface area contributed by atoms with E-state index >= 15 is 8.78 Å². The molecule has 4 aromatic rings. The summed E-state index contributed by atoms with van der Waals surface area (Å²) in [5.74, 6) is -1.05. The maximum atomic E-state index is 15.3. The van der Waals surface area contributed by atoms with Gasteiger partial charge in [0.15, 0.2) is 0 Å². The van der Waals surface area contributed by atoms with Gasteiger partial charge in [0.2, 0.25) is 0 Å². The molecule has 0 spiro atoms. The van der Waals surface area contributed by atoms with E-state index in [1.165, 1.54) is 12.1 Å². The van der Waals surface area contributed by atoms with Crippen LogP contribution in [0.2, 0.25) is 0 Å². The molecule has 1 aliphatic carbocycles. The average Bonchev–Trinajstić information content (AvgIpc) is 3.52. The number of nitrogens with one attached hydrogen (secondary N) is 1. The van der Waals surface area contributed by atoms with E-state index in [0.717, 1.165) is 24.0 Å². The van der Waals surface area contributed by atoms with Crippen LogP contribution in [0.1, 0.15) is 46.7 Å². The Bertz CT molecular complexity index is 1490. The molecule has 0 bridgehead atoms. The largest absolute Gasteiger partial charge is 0.389 e. The molecule has 192 valence electrons. The van der Waals surface area contributed by atoms with Gasteiger partial charge in [-0.2, -0.15) is 5.10 Å². The molecule has 6 rings (SSSR count). The number of hydrogen-bond acceptors (Lipinski definition) is 4. The van der Waals surface area contributed by atoms with Crippen LogP contribution in [0, 0.1) is 11.6 Å². The zero-order valence-corrected chi connectivity index (χ0v) is 20.5. The van der Waals surface area contributed by atoms with Crippen molar-refractivity contribution in [1.82, 2.24) is 19.7 Å². The average molecular weight is 507 g/mol. The van der Waals surface area contributed by atoms with Crippen molar-refractivity contribution in [3.63, 3.8) is 0 Å². The first-order valence-corrected chi connectivity index (χ1v) is 12.5. The van der Waals surface area contributed by atoms with E-state index in [2.05, 4.69) is 10.4 Å². The number of ether oxygens (including phenoxy) is 1. The summed E-state index contributed by atoms with van der Waals surface area (Å²) in [4.78, 5) is 13.3. The molecule has 1 saturated carbocycles. The molecule has 0 radical (unpaired) electrons. The van der Waals surface area contributed by atoms with Gasteiger partial charge >= 0.3 is 0 Å². The highest BCUT2D eigenvalue weighted by atomic mass is 19.1. The zero-order chi connectivity index (χ0) is 25.7. The lowest BCUT2D eigenvalue weighted by molar-refractivity contribution is -0.0260. The summed E-state index contributed by atoms with van der Waals surface area (Å²) in [5, 5.41) is 17.5. The summed E-state index contributed by atoms with van der Waals surface area (Å²) in [6.07, 6.45) is 6.74. The minimum absolute atomic E-state index is 0.140. The SMILES string of the molecule is Cn1cc(-c2ccc(Cn3cc(C(=O)N[C@H]4CCOC[C@@H]4O)c4c(F)ccc(C5CC5)c43)c(F)c2)cn1. The molecule has 7 nitrogen and oxygen atoms in total. The highest BCUT2D eigenvalue weighted by Gasteiger charge is 2.31. The van der Waals surface area contributed by atoms with E-state index in [4.69, 9.17) is 4.74 Å². The minimum Gasteiger partial charge on any atom is -0.389 e. The molecule has 2 atom stereocenters. The number of aliphatic hydroxyl groups is 1. The minimum atomic E-state index is -0.828. The predicted molar refractivity (Wildman–Crippen MR) is 134 cm³/mol. The van der Waals surface area contributed by atoms with Gasteiger partial charge in [-0.15, -0.1) is 0 Å². The van der Waals surface area contributed by atoms with Crippen LogP contribution >= 0.6 is 0 Å². The van der Waals surface area contributed by atoms with Crippen molar-refractivity contribution in [3.8, 4) is 11.1 Å². The lowest BCUT2D eigenvalue weighted by Crippen LogP contribution is -2.48. The van der Waals surface area contributed by atoms with E-state index < -0.39 is 23.9 Å². The summed E-state index contributed by atoms with van der Waals surface area (Å²) in [6.45, 7) is 0.714. The number of nitrogens with zero attached hydrogens (tertiary/aromatic N) is 3. The monoisotopic (exact) mass is 506 g/mol. The summed E-state index contributed by atoms with van der Waals surface area (Å²) in [7, 11) is 1.80. The lowest BCUT2D eigenvalue weighted by atomic mass is 10.0. The number of rotatable bonds is 6. The Balaban J connectivity index is 1.39. The van der Waals surface area contributed by atoms with Crippen molar-refractivity contribution in [2.75, 3.05) is 13.2 Å². The summed E-state index contributed by atoms with van der Waals surface area (Å²) in [5.41, 5.74) is 3.73. The first-order valence-electron chi connectivity index (χ1n) is 12.5. The van der Waals surface area contributed by atoms with Crippen LogP contribution in [0.3, 0.4) is 0 Å². The number of carbonyl (C=O) groups is 1. The van der Waals surface area contributed by atoms with E-state index in [1.807, 2.05) is 12.3 Å². The van der Waals surface area contributed by atoms with Gasteiger partial charge in [0.1, 0.15) is 11.6 Å². The van der Waals surface area contributed by atoms with Crippen LogP contribution < -0.4 is 5.32 Å². The molecule has 0 unspecified atom stereocenters. The van der Waals surface area contributed by atoms with E-state index in [-0.39, 0.29) is 29.9 Å². The molecule has 1 amide bonds. The molecular formula is C28H28F2N4O3. The fraction of sp³-hybridized carbons (Fsp3) is 0.357. The Kier molecular flexibility index (Phi) is 6.04. The van der Waals surface area contributed by atoms with Crippen molar-refractivity contribution in [3.05, 3.63) is 77.2 Å². The number of benzene rings is 2. The van der Waals surface area contributed by atoms with Crippen LogP contribution in [-0.2, 0) is 18.3 Å². The van der Waals surface area contributed by atoms with Crippen LogP contribution in [0.15, 0.2) is 48.9 Å². The van der Waals surface area contributed by atoms with Gasteiger partial charge in [0, 0.05) is 42.6 Å². The van der Waals surface area contributed by atoms with Gasteiger partial charge in [0.05, 0.1) is 42.6 Å². The highest BCUT2D eigenvalue weighted by Crippen LogP contribution is 2.44. The van der Waals surface area contributed by atoms with Crippen molar-refractivity contribution >= 4 is 16.8 Å². The number of aryl methyl sites for hydroxylation is 1. The number of carbonyl (C=O) groups excluding carboxylic acids is 1. The second-order valence-electron chi connectivity index (χ2n) is 10.0. The number of amides is 1. The molecule has 9 heteroatoms. The van der Waals surface area contributed by atoms with Gasteiger partial charge in [-0.3, -0.25) is 9.48 Å². The molecule has 37 heavy (non-hydrogen) atoms. The standard InChI is InChI=1S/C28H28F2N4O3/c1-33-12-19(11-31-33)17-4-5-18(23(30)10-17)13-34-14-21(28(36)32-24-8-9-37-15-25(24)35)26-22(29)7-6-20(27(26)34)16-2-3-16/h4-7,10-12,14,16,24-25,35H,2-3,8-9,13,15H2,1H3,(H,32,36)/t24-,25-/m0/s1. The number of aromatic nitrogens is 3. The van der Waals surface area contributed by atoms with Crippen LogP contribution in [-0.4, -0.2) is 50.7 Å². The Morgan fingerprint density at radius 1 is 1.14 bits per heavy atom. The highest BCUT2D eigenvalue weighted by molar-refractivity contribution is 6.08. The second-order valence-corrected chi connectivity index (χ2v) is 10.0. The van der Waals surface area contributed by atoms with Gasteiger partial charge in [-0.05, 0) is 48.4 Å². The normalized spacial score (nSPS) is 19.9. The van der Waals surface area contributed by atoms with Crippen LogP contribution in [0.25, 0.3) is 22.0 Å². The maximum absolute atomic E-state index is 15.3. The quantitative estimate of drug-likeness (QED) is 0.412. The summed E-state index contributed by atoms with van der Waals surface area (Å²) in [6, 6.07) is 7.73. The van der Waals surface area contributed by atoms with Gasteiger partial charge in [-0.1, -0.05) is 18.2 Å². The molecule has 3 heterocycles. The second kappa shape index (κ2) is 9.39. The third-order valence-corrected chi connectivity index (χ3v) is 7.34. The molecular weight excluding hydrogens is 478 g/mol. The van der Waals surface area contributed by atoms with Crippen LogP contribution in [0.4, 0.5) is 8.78 Å². The molecule has 1 aliphatic heterocycles. The maximum Gasteiger partial charge on any atom is 0.253 e. The van der Waals surface area contributed by atoms with E-state index in [1.54, 1.807) is 40.8 Å². The first kappa shape index (κ1) is 23.8. The molecule has 2 fully saturated rings. The fourth-order valence-electron chi connectivity index (χ4n) is 5.20. The zero-order valence-electron chi connectivity index (χ0n) is 20.5. The van der Waals surface area contributed by atoms with Crippen LogP contribution in [0.5, 0.6) is 0 Å². The fourth-order valence-corrected chi connectivity index (χ4v) is 5.20. The molecule has 2 N–H and O–H groups in total. The Morgan fingerprint density at radius 2 is 1.97 bits per heavy atom. The topological polar surface area (TPSA) is 81.3 Å². The van der Waals surface area contributed by atoms with Gasteiger partial charge in [-0.25, -0.2) is 8.78 Å². The molecule has 1 saturated heterocycles. The molecule has 2 aliphatic rings. The predicted octanol–water partition coefficient (Wildman–Crippen LogP) is 4.13. The number of hydrogen-bond donors (Lipinski definition) is 2. The summed E-state index contributed by atoms with van der Waals surface area (Å²) >= 11 is 0. The number of aliphatic hydroxyl groups excluding tert-OH is 1. The van der Waals surface area contributed by atoms with E-state index in [0.29, 0.717) is 35.6 Å². The first-order chi connectivity index (χ1) is 17.9.